The van der Waals surface area contributed by atoms with Gasteiger partial charge in [0.15, 0.2) is 0 Å². The fourth-order valence-corrected chi connectivity index (χ4v) is 2.77. The van der Waals surface area contributed by atoms with Crippen molar-refractivity contribution in [3.8, 4) is 0 Å². The summed E-state index contributed by atoms with van der Waals surface area (Å²) in [6.45, 7) is 0. The number of rotatable bonds is 1. The van der Waals surface area contributed by atoms with Crippen molar-refractivity contribution in [3.05, 3.63) is 0 Å². The molecule has 78 valence electrons. The zero-order chi connectivity index (χ0) is 10.5. The van der Waals surface area contributed by atoms with Crippen LogP contribution in [0.2, 0.25) is 0 Å². The lowest BCUT2D eigenvalue weighted by molar-refractivity contribution is -0.148. The van der Waals surface area contributed by atoms with Gasteiger partial charge in [0.05, 0.1) is 6.10 Å². The number of carbonyl (C=O) groups excluding carboxylic acids is 1. The normalized spacial score (nSPS) is 46.7. The Bertz CT molecular complexity index is 303. The van der Waals surface area contributed by atoms with Crippen molar-refractivity contribution in [3.63, 3.8) is 0 Å². The van der Waals surface area contributed by atoms with Crippen LogP contribution < -0.4 is 5.73 Å². The van der Waals surface area contributed by atoms with E-state index in [0.29, 0.717) is 12.8 Å². The third-order valence-electron chi connectivity index (χ3n) is 3.57. The van der Waals surface area contributed by atoms with E-state index >= 15 is 0 Å². The average Bonchev–Trinajstić information content (AvgIpc) is 2.53. The highest BCUT2D eigenvalue weighted by molar-refractivity contribution is 5.87. The van der Waals surface area contributed by atoms with E-state index in [2.05, 4.69) is 0 Å². The second-order valence-electron chi connectivity index (χ2n) is 4.30. The van der Waals surface area contributed by atoms with Gasteiger partial charge in [-0.05, 0) is 12.3 Å². The fraction of sp³-hybridized carbons (Fsp3) is 0.778. The van der Waals surface area contributed by atoms with Crippen LogP contribution in [-0.2, 0) is 9.59 Å². The summed E-state index contributed by atoms with van der Waals surface area (Å²) >= 11 is 0. The van der Waals surface area contributed by atoms with Crippen molar-refractivity contribution in [1.29, 1.82) is 0 Å². The number of hydrogen-bond acceptors (Lipinski definition) is 4. The maximum Gasteiger partial charge on any atom is 0.326 e. The summed E-state index contributed by atoms with van der Waals surface area (Å²) in [5.41, 5.74) is 4.08. The minimum Gasteiger partial charge on any atom is -0.480 e. The number of carboxylic acid groups (broad SMARTS) is 1. The molecule has 2 aliphatic carbocycles. The molecule has 0 aromatic rings. The van der Waals surface area contributed by atoms with Gasteiger partial charge >= 0.3 is 5.97 Å². The molecule has 0 aromatic carbocycles. The Balaban J connectivity index is 2.33. The predicted molar refractivity (Wildman–Crippen MR) is 46.4 cm³/mol. The highest BCUT2D eigenvalue weighted by Crippen LogP contribution is 2.47. The number of hydrogen-bond donors (Lipinski definition) is 3. The average molecular weight is 199 g/mol. The molecule has 4 atom stereocenters. The highest BCUT2D eigenvalue weighted by Gasteiger charge is 2.60. The van der Waals surface area contributed by atoms with E-state index in [4.69, 9.17) is 10.8 Å². The quantitative estimate of drug-likeness (QED) is 0.509. The largest absolute Gasteiger partial charge is 0.480 e. The molecule has 0 aliphatic heterocycles. The van der Waals surface area contributed by atoms with Crippen LogP contribution in [0.5, 0.6) is 0 Å². The third kappa shape index (κ3) is 1.02. The molecule has 0 radical (unpaired) electrons. The number of fused-ring (bicyclic) bond motifs is 1. The molecule has 5 nitrogen and oxygen atoms in total. The molecule has 2 saturated carbocycles. The molecule has 0 bridgehead atoms. The standard InChI is InChI=1S/C9H13NO4/c10-9(8(13)14)6-3-5(11)1-4(6)2-7(9)12/h4,6-7,12H,1-3,10H2,(H,13,14)/t4-,6-,7+,9-/m1/s1. The van der Waals surface area contributed by atoms with Crippen LogP contribution in [0.25, 0.3) is 0 Å². The van der Waals surface area contributed by atoms with Gasteiger partial charge in [0.25, 0.3) is 0 Å². The zero-order valence-corrected chi connectivity index (χ0v) is 7.64. The number of carbonyl (C=O) groups is 2. The first kappa shape index (κ1) is 9.61. The first-order chi connectivity index (χ1) is 6.46. The molecule has 4 N–H and O–H groups in total. The summed E-state index contributed by atoms with van der Waals surface area (Å²) in [7, 11) is 0. The summed E-state index contributed by atoms with van der Waals surface area (Å²) < 4.78 is 0. The lowest BCUT2D eigenvalue weighted by Crippen LogP contribution is -2.58. The van der Waals surface area contributed by atoms with Crippen molar-refractivity contribution in [2.75, 3.05) is 0 Å². The smallest absolute Gasteiger partial charge is 0.326 e. The van der Waals surface area contributed by atoms with E-state index < -0.39 is 17.6 Å². The number of Topliss-reactive ketones (excluding diaryl/α,β-unsaturated/α-hetero) is 1. The van der Waals surface area contributed by atoms with Gasteiger partial charge in [0, 0.05) is 18.8 Å². The molecule has 0 saturated heterocycles. The zero-order valence-electron chi connectivity index (χ0n) is 7.64. The van der Waals surface area contributed by atoms with Crippen LogP contribution in [0.15, 0.2) is 0 Å². The lowest BCUT2D eigenvalue weighted by atomic mass is 9.84. The summed E-state index contributed by atoms with van der Waals surface area (Å²) in [5.74, 6) is -1.57. The van der Waals surface area contributed by atoms with Gasteiger partial charge < -0.3 is 15.9 Å². The molecular formula is C9H13NO4. The minimum atomic E-state index is -1.61. The second-order valence-corrected chi connectivity index (χ2v) is 4.30. The van der Waals surface area contributed by atoms with Gasteiger partial charge in [0.2, 0.25) is 0 Å². The summed E-state index contributed by atoms with van der Waals surface area (Å²) in [5, 5.41) is 18.6. The van der Waals surface area contributed by atoms with E-state index in [1.807, 2.05) is 0 Å². The number of ketones is 1. The third-order valence-corrected chi connectivity index (χ3v) is 3.57. The molecule has 0 heterocycles. The van der Waals surface area contributed by atoms with Crippen LogP contribution in [-0.4, -0.2) is 33.6 Å². The number of aliphatic carboxylic acids is 1. The van der Waals surface area contributed by atoms with Crippen molar-refractivity contribution in [2.45, 2.75) is 30.9 Å². The molecule has 0 aromatic heterocycles. The van der Waals surface area contributed by atoms with Crippen molar-refractivity contribution in [1.82, 2.24) is 0 Å². The maximum absolute atomic E-state index is 11.1. The van der Waals surface area contributed by atoms with E-state index in [9.17, 15) is 14.7 Å². The van der Waals surface area contributed by atoms with Gasteiger partial charge in [-0.3, -0.25) is 9.59 Å². The fourth-order valence-electron chi connectivity index (χ4n) is 2.77. The van der Waals surface area contributed by atoms with Crippen LogP contribution in [0.4, 0.5) is 0 Å². The molecule has 0 unspecified atom stereocenters. The summed E-state index contributed by atoms with van der Waals surface area (Å²) in [4.78, 5) is 22.1. The van der Waals surface area contributed by atoms with E-state index in [-0.39, 0.29) is 24.0 Å². The van der Waals surface area contributed by atoms with E-state index in [1.54, 1.807) is 0 Å². The van der Waals surface area contributed by atoms with Gasteiger partial charge in [-0.1, -0.05) is 0 Å². The Morgan fingerprint density at radius 1 is 1.50 bits per heavy atom. The Kier molecular flexibility index (Phi) is 1.90. The molecular weight excluding hydrogens is 186 g/mol. The summed E-state index contributed by atoms with van der Waals surface area (Å²) in [6.07, 6.45) is -0.124. The van der Waals surface area contributed by atoms with Gasteiger partial charge in [-0.2, -0.15) is 0 Å². The minimum absolute atomic E-state index is 0.0430. The number of aliphatic hydroxyl groups excluding tert-OH is 1. The SMILES string of the molecule is N[C@]1(C(=O)O)[C@@H]2CC(=O)C[C@@H]2C[C@@H]1O. The van der Waals surface area contributed by atoms with Crippen molar-refractivity contribution >= 4 is 11.8 Å². The Morgan fingerprint density at radius 2 is 2.14 bits per heavy atom. The second kappa shape index (κ2) is 2.77. The molecule has 2 aliphatic rings. The van der Waals surface area contributed by atoms with Crippen LogP contribution in [0.1, 0.15) is 19.3 Å². The van der Waals surface area contributed by atoms with Crippen molar-refractivity contribution < 1.29 is 19.8 Å². The Labute approximate surface area is 80.9 Å². The lowest BCUT2D eigenvalue weighted by Gasteiger charge is -2.28. The van der Waals surface area contributed by atoms with Crippen LogP contribution >= 0.6 is 0 Å². The van der Waals surface area contributed by atoms with Crippen LogP contribution in [0, 0.1) is 11.8 Å². The van der Waals surface area contributed by atoms with E-state index in [1.165, 1.54) is 0 Å². The number of aliphatic hydroxyl groups is 1. The van der Waals surface area contributed by atoms with Gasteiger partial charge in [0.1, 0.15) is 11.3 Å². The molecule has 0 amide bonds. The van der Waals surface area contributed by atoms with Gasteiger partial charge in [-0.15, -0.1) is 0 Å². The number of nitrogens with two attached hydrogens (primary N) is 1. The number of carboxylic acids is 1. The first-order valence-electron chi connectivity index (χ1n) is 4.68. The van der Waals surface area contributed by atoms with E-state index in [0.717, 1.165) is 0 Å². The maximum atomic E-state index is 11.1. The van der Waals surface area contributed by atoms with Crippen molar-refractivity contribution in [2.24, 2.45) is 17.6 Å². The first-order valence-corrected chi connectivity index (χ1v) is 4.68. The Morgan fingerprint density at radius 3 is 2.71 bits per heavy atom. The molecule has 14 heavy (non-hydrogen) atoms. The Hall–Kier alpha value is -0.940. The summed E-state index contributed by atoms with van der Waals surface area (Å²) in [6, 6.07) is 0. The predicted octanol–water partition coefficient (Wildman–Crippen LogP) is -0.872. The molecule has 2 fully saturated rings. The van der Waals surface area contributed by atoms with Gasteiger partial charge in [-0.25, -0.2) is 0 Å². The highest BCUT2D eigenvalue weighted by atomic mass is 16.4. The molecule has 5 heteroatoms. The monoisotopic (exact) mass is 199 g/mol. The van der Waals surface area contributed by atoms with Crippen LogP contribution in [0.3, 0.4) is 0 Å². The molecule has 0 spiro atoms. The molecule has 2 rings (SSSR count). The topological polar surface area (TPSA) is 101 Å².